The van der Waals surface area contributed by atoms with Gasteiger partial charge in [0, 0.05) is 19.2 Å². The van der Waals surface area contributed by atoms with Crippen molar-refractivity contribution in [2.75, 3.05) is 13.1 Å². The van der Waals surface area contributed by atoms with Crippen molar-refractivity contribution in [3.05, 3.63) is 11.1 Å². The maximum absolute atomic E-state index is 5.30. The molecule has 0 aromatic rings. The third-order valence-electron chi connectivity index (χ3n) is 1.09. The van der Waals surface area contributed by atoms with Crippen molar-refractivity contribution < 1.29 is 0 Å². The molecule has 0 spiro atoms. The van der Waals surface area contributed by atoms with E-state index in [4.69, 9.17) is 5.73 Å². The van der Waals surface area contributed by atoms with Gasteiger partial charge < -0.3 is 5.73 Å². The van der Waals surface area contributed by atoms with Gasteiger partial charge in [-0.1, -0.05) is 0 Å². The highest BCUT2D eigenvalue weighted by molar-refractivity contribution is 7.97. The van der Waals surface area contributed by atoms with Crippen molar-refractivity contribution in [3.8, 4) is 0 Å². The molecule has 0 atom stereocenters. The Morgan fingerprint density at radius 3 is 3.00 bits per heavy atom. The van der Waals surface area contributed by atoms with Gasteiger partial charge in [-0.15, -0.1) is 35.6 Å². The summed E-state index contributed by atoms with van der Waals surface area (Å²) < 4.78 is 0. The average Bonchev–Trinajstić information content (AvgIpc) is 1.99. The number of hydrogen-bond acceptors (Lipinski definition) is 6. The Hall–Kier alpha value is -0.370. The molecule has 4 N–H and O–H groups in total. The molecule has 0 amide bonds. The van der Waals surface area contributed by atoms with E-state index in [0.29, 0.717) is 23.2 Å². The Labute approximate surface area is 81.8 Å². The second-order valence-electron chi connectivity index (χ2n) is 2.11. The van der Waals surface area contributed by atoms with Gasteiger partial charge >= 0.3 is 0 Å². The van der Waals surface area contributed by atoms with Crippen molar-refractivity contribution >= 4 is 30.3 Å². The number of hydrazine groups is 2. The van der Waals surface area contributed by atoms with E-state index >= 15 is 0 Å². The van der Waals surface area contributed by atoms with E-state index in [0.717, 1.165) is 0 Å². The molecule has 7 heteroatoms. The Morgan fingerprint density at radius 2 is 2.42 bits per heavy atom. The van der Waals surface area contributed by atoms with Crippen LogP contribution in [0.4, 0.5) is 0 Å². The third-order valence-corrected chi connectivity index (χ3v) is 1.54. The minimum atomic E-state index is 0.543. The largest absolute Gasteiger partial charge is 0.329 e. The molecule has 0 bridgehead atoms. The van der Waals surface area contributed by atoms with Crippen LogP contribution in [0.25, 0.3) is 0 Å². The second kappa shape index (κ2) is 4.61. The lowest BCUT2D eigenvalue weighted by molar-refractivity contribution is 0.146. The lowest BCUT2D eigenvalue weighted by atomic mass is 10.6. The molecule has 12 heavy (non-hydrogen) atoms. The number of thiol groups is 2. The normalized spacial score (nSPS) is 16.8. The highest BCUT2D eigenvalue weighted by atomic mass is 32.1. The molecule has 0 saturated heterocycles. The smallest absolute Gasteiger partial charge is 0.119 e. The molecule has 0 aromatic heterocycles. The van der Waals surface area contributed by atoms with Gasteiger partial charge in [-0.2, -0.15) is 5.43 Å². The molecule has 0 aliphatic carbocycles. The molecule has 1 aliphatic rings. The van der Waals surface area contributed by atoms with E-state index in [1.807, 2.05) is 0 Å². The van der Waals surface area contributed by atoms with Gasteiger partial charge in [-0.25, -0.2) is 0 Å². The van der Waals surface area contributed by atoms with Crippen LogP contribution < -0.4 is 16.6 Å². The lowest BCUT2D eigenvalue weighted by Gasteiger charge is -2.24. The molecule has 1 rings (SSSR count). The van der Waals surface area contributed by atoms with E-state index < -0.39 is 0 Å². The lowest BCUT2D eigenvalue weighted by Crippen LogP contribution is -2.46. The van der Waals surface area contributed by atoms with Crippen molar-refractivity contribution in [3.63, 3.8) is 0 Å². The standard InChI is InChI=1S/C5H11N5S2/c6-1-2-7-10-8-4(11)3-5(12)9-10/h3,7-8,11H,1-2,6H2,(H,9,12). The summed E-state index contributed by atoms with van der Waals surface area (Å²) in [6.45, 7) is 1.18. The Kier molecular flexibility index (Phi) is 3.73. The summed E-state index contributed by atoms with van der Waals surface area (Å²) in [5.41, 5.74) is 11.0. The maximum atomic E-state index is 5.30. The van der Waals surface area contributed by atoms with E-state index in [9.17, 15) is 0 Å². The minimum absolute atomic E-state index is 0.543. The predicted molar refractivity (Wildman–Crippen MR) is 55.5 cm³/mol. The molecular formula is C5H11N5S2. The Balaban J connectivity index is 2.44. The first kappa shape index (κ1) is 9.72. The van der Waals surface area contributed by atoms with Crippen LogP contribution in [0, 0.1) is 0 Å². The van der Waals surface area contributed by atoms with Gasteiger partial charge in [0.05, 0.1) is 5.03 Å². The van der Waals surface area contributed by atoms with Crippen LogP contribution in [0.15, 0.2) is 16.2 Å². The maximum Gasteiger partial charge on any atom is 0.119 e. The average molecular weight is 205 g/mol. The summed E-state index contributed by atoms with van der Waals surface area (Å²) in [4.78, 5) is 0. The zero-order valence-electron chi connectivity index (χ0n) is 6.36. The summed E-state index contributed by atoms with van der Waals surface area (Å²) >= 11 is 8.18. The number of hydrazone groups is 1. The summed E-state index contributed by atoms with van der Waals surface area (Å²) in [5, 5.41) is 6.68. The van der Waals surface area contributed by atoms with Crippen LogP contribution in [-0.2, 0) is 0 Å². The van der Waals surface area contributed by atoms with Crippen molar-refractivity contribution in [2.24, 2.45) is 10.8 Å². The van der Waals surface area contributed by atoms with Gasteiger partial charge in [0.25, 0.3) is 0 Å². The van der Waals surface area contributed by atoms with Crippen molar-refractivity contribution in [1.82, 2.24) is 16.1 Å². The molecule has 68 valence electrons. The van der Waals surface area contributed by atoms with Crippen LogP contribution in [0.5, 0.6) is 0 Å². The first-order chi connectivity index (χ1) is 5.72. The molecule has 0 fully saturated rings. The van der Waals surface area contributed by atoms with Crippen molar-refractivity contribution in [1.29, 1.82) is 0 Å². The molecule has 0 radical (unpaired) electrons. The Morgan fingerprint density at radius 1 is 1.67 bits per heavy atom. The van der Waals surface area contributed by atoms with Crippen LogP contribution in [0.1, 0.15) is 0 Å². The zero-order chi connectivity index (χ0) is 8.97. The molecule has 0 saturated carbocycles. The topological polar surface area (TPSA) is 65.7 Å². The summed E-state index contributed by atoms with van der Waals surface area (Å²) in [6.07, 6.45) is 1.70. The predicted octanol–water partition coefficient (Wildman–Crippen LogP) is -0.716. The summed E-state index contributed by atoms with van der Waals surface area (Å²) in [6, 6.07) is 0. The molecule has 5 nitrogen and oxygen atoms in total. The molecule has 1 aliphatic heterocycles. The SMILES string of the molecule is NCCNN1N=C(S)C=C(S)N1. The quantitative estimate of drug-likeness (QED) is 0.395. The van der Waals surface area contributed by atoms with Gasteiger partial charge in [0.2, 0.25) is 0 Å². The molecule has 0 unspecified atom stereocenters. The van der Waals surface area contributed by atoms with E-state index in [-0.39, 0.29) is 0 Å². The van der Waals surface area contributed by atoms with Crippen LogP contribution >= 0.6 is 25.3 Å². The van der Waals surface area contributed by atoms with Gasteiger partial charge in [0.15, 0.2) is 0 Å². The fourth-order valence-corrected chi connectivity index (χ4v) is 1.20. The number of nitrogens with one attached hydrogen (secondary N) is 2. The molecular weight excluding hydrogens is 194 g/mol. The van der Waals surface area contributed by atoms with E-state index in [1.54, 1.807) is 6.08 Å². The highest BCUT2D eigenvalue weighted by Crippen LogP contribution is 2.05. The van der Waals surface area contributed by atoms with E-state index in [2.05, 4.69) is 41.2 Å². The monoisotopic (exact) mass is 205 g/mol. The number of nitrogens with two attached hydrogens (primary N) is 1. The van der Waals surface area contributed by atoms with Crippen molar-refractivity contribution in [2.45, 2.75) is 0 Å². The van der Waals surface area contributed by atoms with Gasteiger partial charge in [0.1, 0.15) is 5.04 Å². The minimum Gasteiger partial charge on any atom is -0.329 e. The number of hydrogen-bond donors (Lipinski definition) is 5. The van der Waals surface area contributed by atoms with Gasteiger partial charge in [-0.3, -0.25) is 5.43 Å². The number of rotatable bonds is 3. The summed E-state index contributed by atoms with van der Waals surface area (Å²) in [5.74, 6) is 0. The first-order valence-electron chi connectivity index (χ1n) is 3.41. The second-order valence-corrected chi connectivity index (χ2v) is 3.05. The van der Waals surface area contributed by atoms with Gasteiger partial charge in [-0.05, 0) is 0 Å². The number of nitrogens with zero attached hydrogens (tertiary/aromatic N) is 2. The molecule has 0 aromatic carbocycles. The zero-order valence-corrected chi connectivity index (χ0v) is 8.15. The fourth-order valence-electron chi connectivity index (χ4n) is 0.665. The third kappa shape index (κ3) is 2.94. The Bertz CT molecular complexity index is 214. The van der Waals surface area contributed by atoms with Crippen LogP contribution in [0.3, 0.4) is 0 Å². The van der Waals surface area contributed by atoms with E-state index in [1.165, 1.54) is 5.23 Å². The summed E-state index contributed by atoms with van der Waals surface area (Å²) in [7, 11) is 0. The van der Waals surface area contributed by atoms with Crippen LogP contribution in [-0.4, -0.2) is 23.4 Å². The fraction of sp³-hybridized carbons (Fsp3) is 0.400. The van der Waals surface area contributed by atoms with Crippen LogP contribution in [0.2, 0.25) is 0 Å². The molecule has 1 heterocycles. The first-order valence-corrected chi connectivity index (χ1v) is 4.30. The highest BCUT2D eigenvalue weighted by Gasteiger charge is 2.06.